The first-order valence-electron chi connectivity index (χ1n) is 10.7. The lowest BCUT2D eigenvalue weighted by Gasteiger charge is -2.14. The lowest BCUT2D eigenvalue weighted by atomic mass is 9.93. The molecular formula is C25H22F3N3O3. The normalized spacial score (nSPS) is 14.6. The Balaban J connectivity index is 1.60. The molecule has 6 nitrogen and oxygen atoms in total. The standard InChI is InChI=1S/C25H22F3N3O3/c1-14-8-3-4-9-16(14)23(32)31-30-19-12-7-13-20-21(19)15(2)22(34-20)24(33)29-18-11-6-5-10-17(18)25(26,27)28/h3-6,8-11H,7,12-13H2,1-2H3,(H,29,33)(H,31,32)/b30-19+. The maximum absolute atomic E-state index is 13.3. The van der Waals surface area contributed by atoms with Gasteiger partial charge >= 0.3 is 6.18 Å². The smallest absolute Gasteiger partial charge is 0.418 e. The lowest BCUT2D eigenvalue weighted by Crippen LogP contribution is -2.22. The summed E-state index contributed by atoms with van der Waals surface area (Å²) >= 11 is 0. The van der Waals surface area contributed by atoms with E-state index in [1.807, 2.05) is 19.1 Å². The summed E-state index contributed by atoms with van der Waals surface area (Å²) in [6.07, 6.45) is -2.82. The van der Waals surface area contributed by atoms with Crippen LogP contribution in [-0.2, 0) is 12.6 Å². The summed E-state index contributed by atoms with van der Waals surface area (Å²) in [6, 6.07) is 11.9. The first-order valence-corrected chi connectivity index (χ1v) is 10.7. The topological polar surface area (TPSA) is 83.7 Å². The van der Waals surface area contributed by atoms with Gasteiger partial charge in [0.05, 0.1) is 17.0 Å². The van der Waals surface area contributed by atoms with Crippen LogP contribution in [0.3, 0.4) is 0 Å². The van der Waals surface area contributed by atoms with Crippen molar-refractivity contribution in [2.24, 2.45) is 5.10 Å². The van der Waals surface area contributed by atoms with E-state index >= 15 is 0 Å². The number of alkyl halides is 3. The third-order valence-corrected chi connectivity index (χ3v) is 5.69. The molecule has 3 aromatic rings. The summed E-state index contributed by atoms with van der Waals surface area (Å²) in [6.45, 7) is 3.47. The summed E-state index contributed by atoms with van der Waals surface area (Å²) in [4.78, 5) is 25.4. The van der Waals surface area contributed by atoms with Gasteiger partial charge in [-0.25, -0.2) is 5.43 Å². The maximum Gasteiger partial charge on any atom is 0.418 e. The van der Waals surface area contributed by atoms with Crippen LogP contribution in [0.5, 0.6) is 0 Å². The number of nitrogens with one attached hydrogen (secondary N) is 2. The van der Waals surface area contributed by atoms with Crippen molar-refractivity contribution in [2.75, 3.05) is 5.32 Å². The highest BCUT2D eigenvalue weighted by molar-refractivity contribution is 6.09. The van der Waals surface area contributed by atoms with E-state index in [9.17, 15) is 22.8 Å². The molecule has 0 fully saturated rings. The summed E-state index contributed by atoms with van der Waals surface area (Å²) in [5, 5.41) is 6.60. The highest BCUT2D eigenvalue weighted by Gasteiger charge is 2.34. The molecule has 2 N–H and O–H groups in total. The fourth-order valence-electron chi connectivity index (χ4n) is 4.02. The van der Waals surface area contributed by atoms with E-state index in [4.69, 9.17) is 4.42 Å². The van der Waals surface area contributed by atoms with Gasteiger partial charge in [0.25, 0.3) is 11.8 Å². The number of anilines is 1. The molecule has 4 rings (SSSR count). The van der Waals surface area contributed by atoms with Crippen molar-refractivity contribution in [1.29, 1.82) is 0 Å². The molecule has 0 saturated heterocycles. The number of hydrogen-bond acceptors (Lipinski definition) is 4. The molecule has 2 aromatic carbocycles. The summed E-state index contributed by atoms with van der Waals surface area (Å²) in [5.74, 6) is -0.712. The highest BCUT2D eigenvalue weighted by atomic mass is 19.4. The van der Waals surface area contributed by atoms with Crippen LogP contribution in [0.15, 0.2) is 58.0 Å². The van der Waals surface area contributed by atoms with Gasteiger partial charge in [0, 0.05) is 23.1 Å². The molecule has 34 heavy (non-hydrogen) atoms. The van der Waals surface area contributed by atoms with Crippen LogP contribution in [0.4, 0.5) is 18.9 Å². The van der Waals surface area contributed by atoms with Crippen LogP contribution in [-0.4, -0.2) is 17.5 Å². The number of carbonyl (C=O) groups is 2. The molecule has 1 aliphatic carbocycles. The fourth-order valence-corrected chi connectivity index (χ4v) is 4.02. The van der Waals surface area contributed by atoms with E-state index in [0.717, 1.165) is 11.6 Å². The van der Waals surface area contributed by atoms with E-state index in [-0.39, 0.29) is 17.4 Å². The third kappa shape index (κ3) is 4.59. The zero-order valence-electron chi connectivity index (χ0n) is 18.5. The Bertz CT molecular complexity index is 1290. The van der Waals surface area contributed by atoms with Crippen molar-refractivity contribution in [2.45, 2.75) is 39.3 Å². The summed E-state index contributed by atoms with van der Waals surface area (Å²) in [5.41, 5.74) is 4.18. The van der Waals surface area contributed by atoms with Gasteiger partial charge in [-0.2, -0.15) is 18.3 Å². The number of carbonyl (C=O) groups excluding carboxylic acids is 2. The predicted molar refractivity (Wildman–Crippen MR) is 121 cm³/mol. The molecule has 0 bridgehead atoms. The van der Waals surface area contributed by atoms with Gasteiger partial charge in [0.1, 0.15) is 5.76 Å². The largest absolute Gasteiger partial charge is 0.455 e. The van der Waals surface area contributed by atoms with E-state index in [2.05, 4.69) is 15.8 Å². The molecule has 2 amide bonds. The second-order valence-corrected chi connectivity index (χ2v) is 8.02. The predicted octanol–water partition coefficient (Wildman–Crippen LogP) is 5.64. The zero-order valence-corrected chi connectivity index (χ0v) is 18.5. The Morgan fingerprint density at radius 1 is 0.971 bits per heavy atom. The number of furan rings is 1. The first-order chi connectivity index (χ1) is 16.2. The minimum atomic E-state index is -4.61. The fraction of sp³-hybridized carbons (Fsp3) is 0.240. The van der Waals surface area contributed by atoms with Gasteiger partial charge in [-0.3, -0.25) is 9.59 Å². The minimum absolute atomic E-state index is 0.0817. The lowest BCUT2D eigenvalue weighted by molar-refractivity contribution is -0.136. The molecule has 0 radical (unpaired) electrons. The van der Waals surface area contributed by atoms with E-state index in [0.29, 0.717) is 47.4 Å². The van der Waals surface area contributed by atoms with Gasteiger partial charge in [-0.05, 0) is 50.5 Å². The van der Waals surface area contributed by atoms with Crippen molar-refractivity contribution >= 4 is 23.2 Å². The first kappa shape index (κ1) is 23.3. The molecule has 1 aromatic heterocycles. The number of fused-ring (bicyclic) bond motifs is 1. The summed E-state index contributed by atoms with van der Waals surface area (Å²) < 4.78 is 45.6. The average Bonchev–Trinajstić information content (AvgIpc) is 3.14. The number of amides is 2. The Kier molecular flexibility index (Phi) is 6.28. The molecule has 0 unspecified atom stereocenters. The number of hydrogen-bond donors (Lipinski definition) is 2. The number of para-hydroxylation sites is 1. The van der Waals surface area contributed by atoms with Gasteiger partial charge in [0.15, 0.2) is 5.76 Å². The quantitative estimate of drug-likeness (QED) is 0.485. The number of rotatable bonds is 4. The van der Waals surface area contributed by atoms with E-state index in [1.165, 1.54) is 18.2 Å². The number of aryl methyl sites for hydroxylation is 2. The van der Waals surface area contributed by atoms with Gasteiger partial charge in [-0.15, -0.1) is 0 Å². The maximum atomic E-state index is 13.3. The van der Waals surface area contributed by atoms with Gasteiger partial charge in [-0.1, -0.05) is 30.3 Å². The molecular weight excluding hydrogens is 447 g/mol. The highest BCUT2D eigenvalue weighted by Crippen LogP contribution is 2.35. The molecule has 9 heteroatoms. The van der Waals surface area contributed by atoms with Crippen LogP contribution in [0.25, 0.3) is 0 Å². The van der Waals surface area contributed by atoms with Crippen LogP contribution in [0.2, 0.25) is 0 Å². The molecule has 0 aliphatic heterocycles. The molecule has 0 saturated carbocycles. The number of nitrogens with zero attached hydrogens (tertiary/aromatic N) is 1. The molecule has 1 heterocycles. The molecule has 0 atom stereocenters. The summed E-state index contributed by atoms with van der Waals surface area (Å²) in [7, 11) is 0. The monoisotopic (exact) mass is 469 g/mol. The Morgan fingerprint density at radius 2 is 1.68 bits per heavy atom. The van der Waals surface area contributed by atoms with Gasteiger partial charge in [0.2, 0.25) is 0 Å². The number of benzene rings is 2. The van der Waals surface area contributed by atoms with Crippen molar-refractivity contribution in [1.82, 2.24) is 5.43 Å². The Labute approximate surface area is 193 Å². The Morgan fingerprint density at radius 3 is 2.41 bits per heavy atom. The van der Waals surface area contributed by atoms with Crippen molar-refractivity contribution in [3.05, 3.63) is 87.9 Å². The SMILES string of the molecule is Cc1ccccc1C(=O)N/N=C1\CCCc2oc(C(=O)Nc3ccccc3C(F)(F)F)c(C)c21. The zero-order chi connectivity index (χ0) is 24.5. The van der Waals surface area contributed by atoms with Crippen LogP contribution in [0.1, 0.15) is 61.8 Å². The molecule has 176 valence electrons. The van der Waals surface area contributed by atoms with E-state index in [1.54, 1.807) is 19.1 Å². The number of hydrazone groups is 1. The van der Waals surface area contributed by atoms with Crippen molar-refractivity contribution < 1.29 is 27.2 Å². The van der Waals surface area contributed by atoms with Crippen molar-refractivity contribution in [3.63, 3.8) is 0 Å². The van der Waals surface area contributed by atoms with Crippen LogP contribution >= 0.6 is 0 Å². The third-order valence-electron chi connectivity index (χ3n) is 5.69. The van der Waals surface area contributed by atoms with E-state index < -0.39 is 17.6 Å². The average molecular weight is 469 g/mol. The second-order valence-electron chi connectivity index (χ2n) is 8.02. The van der Waals surface area contributed by atoms with Crippen LogP contribution < -0.4 is 10.7 Å². The van der Waals surface area contributed by atoms with Crippen molar-refractivity contribution in [3.8, 4) is 0 Å². The minimum Gasteiger partial charge on any atom is -0.455 e. The van der Waals surface area contributed by atoms with Gasteiger partial charge < -0.3 is 9.73 Å². The number of halogens is 3. The van der Waals surface area contributed by atoms with Crippen LogP contribution in [0, 0.1) is 13.8 Å². The second kappa shape index (κ2) is 9.17. The molecule has 0 spiro atoms. The Hall–Kier alpha value is -3.88. The molecule has 1 aliphatic rings.